The van der Waals surface area contributed by atoms with Gasteiger partial charge in [0.05, 0.1) is 6.20 Å². The lowest BCUT2D eigenvalue weighted by molar-refractivity contribution is -0.148. The molecule has 1 N–H and O–H groups in total. The lowest BCUT2D eigenvalue weighted by atomic mass is 9.81. The lowest BCUT2D eigenvalue weighted by Crippen LogP contribution is -2.44. The van der Waals surface area contributed by atoms with Crippen LogP contribution in [0, 0.1) is 11.3 Å². The summed E-state index contributed by atoms with van der Waals surface area (Å²) in [7, 11) is 3.39. The molecule has 25 heavy (non-hydrogen) atoms. The fourth-order valence-electron chi connectivity index (χ4n) is 4.02. The Balaban J connectivity index is 1.71. The number of carboxylic acids is 1. The van der Waals surface area contributed by atoms with Gasteiger partial charge in [0.25, 0.3) is 0 Å². The van der Waals surface area contributed by atoms with Gasteiger partial charge in [-0.3, -0.25) is 14.4 Å². The van der Waals surface area contributed by atoms with Crippen LogP contribution in [0.25, 0.3) is 0 Å². The Kier molecular flexibility index (Phi) is 4.49. The number of carbonyl (C=O) groups excluding carboxylic acids is 1. The summed E-state index contributed by atoms with van der Waals surface area (Å²) in [6, 6.07) is 0.197. The number of hydrogen-bond acceptors (Lipinski definition) is 4. The molecule has 0 radical (unpaired) electrons. The van der Waals surface area contributed by atoms with E-state index >= 15 is 0 Å². The summed E-state index contributed by atoms with van der Waals surface area (Å²) in [6.45, 7) is 6.80. The Bertz CT molecular complexity index is 671. The molecule has 8 heteroatoms. The van der Waals surface area contributed by atoms with Crippen molar-refractivity contribution in [1.82, 2.24) is 24.5 Å². The number of aliphatic carboxylic acids is 1. The summed E-state index contributed by atoms with van der Waals surface area (Å²) >= 11 is 0. The van der Waals surface area contributed by atoms with Gasteiger partial charge < -0.3 is 14.9 Å². The Morgan fingerprint density at radius 3 is 2.60 bits per heavy atom. The van der Waals surface area contributed by atoms with E-state index in [1.165, 1.54) is 4.90 Å². The average Bonchev–Trinajstić information content (AvgIpc) is 3.19. The number of urea groups is 1. The highest BCUT2D eigenvalue weighted by molar-refractivity contribution is 5.80. The molecule has 2 aliphatic heterocycles. The molecule has 0 unspecified atom stereocenters. The molecule has 1 aromatic heterocycles. The van der Waals surface area contributed by atoms with Crippen molar-refractivity contribution in [3.63, 3.8) is 0 Å². The highest BCUT2D eigenvalue weighted by Crippen LogP contribution is 2.43. The van der Waals surface area contributed by atoms with Crippen LogP contribution in [0.1, 0.15) is 25.5 Å². The summed E-state index contributed by atoms with van der Waals surface area (Å²) in [5, 5.41) is 14.2. The molecule has 2 saturated heterocycles. The first-order valence-electron chi connectivity index (χ1n) is 8.68. The quantitative estimate of drug-likeness (QED) is 0.876. The van der Waals surface area contributed by atoms with E-state index in [-0.39, 0.29) is 18.5 Å². The molecule has 3 rings (SSSR count). The van der Waals surface area contributed by atoms with Crippen LogP contribution < -0.4 is 0 Å². The fraction of sp³-hybridized carbons (Fsp3) is 0.706. The molecule has 2 amide bonds. The van der Waals surface area contributed by atoms with Crippen molar-refractivity contribution in [2.75, 3.05) is 40.3 Å². The molecular weight excluding hydrogens is 322 g/mol. The van der Waals surface area contributed by atoms with Crippen LogP contribution in [0.4, 0.5) is 4.79 Å². The summed E-state index contributed by atoms with van der Waals surface area (Å²) in [5.74, 6) is -0.832. The lowest BCUT2D eigenvalue weighted by Gasteiger charge is -2.26. The molecule has 0 spiro atoms. The van der Waals surface area contributed by atoms with E-state index in [0.29, 0.717) is 32.2 Å². The van der Waals surface area contributed by atoms with E-state index in [0.717, 1.165) is 5.56 Å². The number of nitrogens with zero attached hydrogens (tertiary/aromatic N) is 5. The van der Waals surface area contributed by atoms with Gasteiger partial charge in [0.1, 0.15) is 5.41 Å². The van der Waals surface area contributed by atoms with Crippen LogP contribution in [0.15, 0.2) is 12.4 Å². The maximum atomic E-state index is 12.2. The number of carboxylic acid groups (broad SMARTS) is 1. The van der Waals surface area contributed by atoms with Crippen molar-refractivity contribution in [3.05, 3.63) is 18.0 Å². The third-order valence-corrected chi connectivity index (χ3v) is 5.35. The first-order chi connectivity index (χ1) is 11.7. The van der Waals surface area contributed by atoms with E-state index < -0.39 is 11.4 Å². The molecule has 3 heterocycles. The number of fused-ring (bicyclic) bond motifs is 1. The monoisotopic (exact) mass is 349 g/mol. The van der Waals surface area contributed by atoms with E-state index in [9.17, 15) is 14.7 Å². The molecule has 138 valence electrons. The maximum Gasteiger partial charge on any atom is 0.319 e. The highest BCUT2D eigenvalue weighted by Gasteiger charge is 2.58. The molecule has 2 aliphatic rings. The molecule has 2 fully saturated rings. The van der Waals surface area contributed by atoms with Crippen molar-refractivity contribution in [1.29, 1.82) is 0 Å². The van der Waals surface area contributed by atoms with Crippen molar-refractivity contribution in [3.8, 4) is 0 Å². The van der Waals surface area contributed by atoms with Gasteiger partial charge >= 0.3 is 12.0 Å². The zero-order valence-electron chi connectivity index (χ0n) is 15.3. The second-order valence-corrected chi connectivity index (χ2v) is 7.81. The number of amides is 2. The smallest absolute Gasteiger partial charge is 0.319 e. The number of hydrogen-bond donors (Lipinski definition) is 1. The van der Waals surface area contributed by atoms with Gasteiger partial charge in [-0.2, -0.15) is 5.10 Å². The number of aromatic nitrogens is 2. The van der Waals surface area contributed by atoms with E-state index in [2.05, 4.69) is 23.8 Å². The van der Waals surface area contributed by atoms with Gasteiger partial charge in [-0.1, -0.05) is 0 Å². The zero-order valence-corrected chi connectivity index (χ0v) is 15.3. The van der Waals surface area contributed by atoms with Crippen molar-refractivity contribution >= 4 is 12.0 Å². The Morgan fingerprint density at radius 2 is 2.08 bits per heavy atom. The molecular formula is C17H27N5O3. The van der Waals surface area contributed by atoms with Gasteiger partial charge in [0.15, 0.2) is 0 Å². The predicted molar refractivity (Wildman–Crippen MR) is 92.1 cm³/mol. The summed E-state index contributed by atoms with van der Waals surface area (Å²) in [6.07, 6.45) is 3.87. The van der Waals surface area contributed by atoms with Crippen LogP contribution in [-0.4, -0.2) is 81.9 Å². The third-order valence-electron chi connectivity index (χ3n) is 5.35. The van der Waals surface area contributed by atoms with Crippen molar-refractivity contribution < 1.29 is 14.7 Å². The number of rotatable bonds is 4. The van der Waals surface area contributed by atoms with Crippen LogP contribution in [0.3, 0.4) is 0 Å². The van der Waals surface area contributed by atoms with Gasteiger partial charge in [0.2, 0.25) is 0 Å². The van der Waals surface area contributed by atoms with Crippen LogP contribution in [-0.2, 0) is 11.3 Å². The van der Waals surface area contributed by atoms with Crippen LogP contribution in [0.2, 0.25) is 0 Å². The van der Waals surface area contributed by atoms with Crippen LogP contribution in [0.5, 0.6) is 0 Å². The average molecular weight is 349 g/mol. The highest BCUT2D eigenvalue weighted by atomic mass is 16.4. The normalized spacial score (nSPS) is 26.3. The second-order valence-electron chi connectivity index (χ2n) is 7.81. The molecule has 8 nitrogen and oxygen atoms in total. The summed E-state index contributed by atoms with van der Waals surface area (Å²) in [4.78, 5) is 29.6. The van der Waals surface area contributed by atoms with Gasteiger partial charge in [0, 0.05) is 70.5 Å². The molecule has 0 aromatic carbocycles. The molecule has 0 aliphatic carbocycles. The maximum absolute atomic E-state index is 12.2. The second kappa shape index (κ2) is 6.33. The largest absolute Gasteiger partial charge is 0.481 e. The minimum absolute atomic E-state index is 0.0333. The summed E-state index contributed by atoms with van der Waals surface area (Å²) < 4.78 is 1.91. The summed E-state index contributed by atoms with van der Waals surface area (Å²) in [5.41, 5.74) is 0.232. The molecule has 0 saturated carbocycles. The molecule has 1 aromatic rings. The minimum Gasteiger partial charge on any atom is -0.481 e. The third kappa shape index (κ3) is 3.10. The van der Waals surface area contributed by atoms with E-state index in [1.807, 2.05) is 17.1 Å². The van der Waals surface area contributed by atoms with E-state index in [1.54, 1.807) is 19.0 Å². The topological polar surface area (TPSA) is 81.9 Å². The van der Waals surface area contributed by atoms with Gasteiger partial charge in [-0.25, -0.2) is 4.79 Å². The van der Waals surface area contributed by atoms with Crippen molar-refractivity contribution in [2.24, 2.45) is 11.3 Å². The first-order valence-corrected chi connectivity index (χ1v) is 8.68. The van der Waals surface area contributed by atoms with E-state index in [4.69, 9.17) is 0 Å². The molecule has 0 bridgehead atoms. The number of carbonyl (C=O) groups is 2. The fourth-order valence-corrected chi connectivity index (χ4v) is 4.02. The Labute approximate surface area is 148 Å². The Morgan fingerprint density at radius 1 is 1.36 bits per heavy atom. The van der Waals surface area contributed by atoms with Gasteiger partial charge in [-0.05, 0) is 13.8 Å². The number of likely N-dealkylation sites (tertiary alicyclic amines) is 2. The van der Waals surface area contributed by atoms with Crippen molar-refractivity contribution in [2.45, 2.75) is 26.4 Å². The molecule has 2 atom stereocenters. The SMILES string of the molecule is CC(C)n1cc(CN2C[C@H]3CN(C(=O)N(C)C)C[C@@]3(C(=O)O)C2)cn1. The zero-order chi connectivity index (χ0) is 18.4. The predicted octanol–water partition coefficient (Wildman–Crippen LogP) is 0.964. The van der Waals surface area contributed by atoms with Crippen LogP contribution >= 0.6 is 0 Å². The standard InChI is InChI=1S/C17H27N5O3/c1-12(2)22-7-13(5-18-22)6-20-8-14-9-21(16(25)19(3)4)11-17(14,10-20)15(23)24/h5,7,12,14H,6,8-11H2,1-4H3,(H,23,24)/t14-,17-/m0/s1. The Hall–Kier alpha value is -2.09. The first kappa shape index (κ1) is 17.7. The minimum atomic E-state index is -0.861. The van der Waals surface area contributed by atoms with Gasteiger partial charge in [-0.15, -0.1) is 0 Å².